The van der Waals surface area contributed by atoms with Crippen molar-refractivity contribution in [2.24, 2.45) is 0 Å². The van der Waals surface area contributed by atoms with Gasteiger partial charge in [-0.1, -0.05) is 12.1 Å². The molecule has 0 amide bonds. The Morgan fingerprint density at radius 2 is 2.11 bits per heavy atom. The predicted molar refractivity (Wildman–Crippen MR) is 76.2 cm³/mol. The lowest BCUT2D eigenvalue weighted by Crippen LogP contribution is -2.24. The van der Waals surface area contributed by atoms with E-state index >= 15 is 0 Å². The average Bonchev–Trinajstić information content (AvgIpc) is 2.36. The lowest BCUT2D eigenvalue weighted by atomic mass is 10.1. The molecule has 0 atom stereocenters. The second kappa shape index (κ2) is 6.98. The van der Waals surface area contributed by atoms with E-state index in [2.05, 4.69) is 15.9 Å². The van der Waals surface area contributed by atoms with Crippen LogP contribution in [-0.2, 0) is 16.1 Å². The van der Waals surface area contributed by atoms with Gasteiger partial charge in [0.05, 0.1) is 17.1 Å². The second-order valence-corrected chi connectivity index (χ2v) is 5.57. The van der Waals surface area contributed by atoms with Crippen molar-refractivity contribution in [3.63, 3.8) is 0 Å². The van der Waals surface area contributed by atoms with Crippen LogP contribution in [0.4, 0.5) is 5.69 Å². The van der Waals surface area contributed by atoms with Crippen molar-refractivity contribution in [1.82, 2.24) is 0 Å². The van der Waals surface area contributed by atoms with Crippen LogP contribution in [-0.4, -0.2) is 24.2 Å². The van der Waals surface area contributed by atoms with Crippen LogP contribution in [0.5, 0.6) is 0 Å². The molecule has 0 aliphatic rings. The van der Waals surface area contributed by atoms with Gasteiger partial charge in [0.25, 0.3) is 5.69 Å². The van der Waals surface area contributed by atoms with Crippen molar-refractivity contribution in [3.8, 4) is 0 Å². The molecule has 6 heteroatoms. The fraction of sp³-hybridized carbons (Fsp3) is 0.538. The first kappa shape index (κ1) is 16.1. The Labute approximate surface area is 121 Å². The summed E-state index contributed by atoms with van der Waals surface area (Å²) in [7, 11) is 1.66. The van der Waals surface area contributed by atoms with Gasteiger partial charge in [0.2, 0.25) is 0 Å². The van der Waals surface area contributed by atoms with Crippen LogP contribution in [0.25, 0.3) is 0 Å². The van der Waals surface area contributed by atoms with Gasteiger partial charge in [0.1, 0.15) is 4.47 Å². The van der Waals surface area contributed by atoms with E-state index in [-0.39, 0.29) is 11.3 Å². The number of rotatable bonds is 7. The van der Waals surface area contributed by atoms with Crippen LogP contribution in [0.15, 0.2) is 22.7 Å². The molecule has 0 fully saturated rings. The Bertz CT molecular complexity index is 448. The summed E-state index contributed by atoms with van der Waals surface area (Å²) in [6, 6.07) is 4.92. The smallest absolute Gasteiger partial charge is 0.283 e. The lowest BCUT2D eigenvalue weighted by molar-refractivity contribution is -0.385. The largest absolute Gasteiger partial charge is 0.379 e. The Hall–Kier alpha value is -0.980. The summed E-state index contributed by atoms with van der Waals surface area (Å²) in [5.74, 6) is 0. The summed E-state index contributed by atoms with van der Waals surface area (Å²) in [6.07, 6.45) is 0.760. The van der Waals surface area contributed by atoms with Crippen molar-refractivity contribution in [2.75, 3.05) is 13.7 Å². The molecule has 0 aliphatic carbocycles. The third kappa shape index (κ3) is 4.89. The number of nitrogens with zero attached hydrogens (tertiary/aromatic N) is 1. The molecule has 0 radical (unpaired) electrons. The van der Waals surface area contributed by atoms with Crippen molar-refractivity contribution >= 4 is 21.6 Å². The monoisotopic (exact) mass is 331 g/mol. The molecule has 0 aromatic heterocycles. The third-order valence-corrected chi connectivity index (χ3v) is 3.83. The molecular weight excluding hydrogens is 314 g/mol. The molecule has 0 saturated heterocycles. The minimum Gasteiger partial charge on any atom is -0.379 e. The second-order valence-electron chi connectivity index (χ2n) is 4.77. The Morgan fingerprint density at radius 3 is 2.68 bits per heavy atom. The number of ether oxygens (including phenoxy) is 2. The van der Waals surface area contributed by atoms with Gasteiger partial charge in [0.15, 0.2) is 0 Å². The van der Waals surface area contributed by atoms with Crippen molar-refractivity contribution < 1.29 is 14.4 Å². The molecule has 106 valence electrons. The van der Waals surface area contributed by atoms with E-state index in [9.17, 15) is 10.1 Å². The Balaban J connectivity index is 2.55. The third-order valence-electron chi connectivity index (χ3n) is 2.91. The zero-order valence-electron chi connectivity index (χ0n) is 11.3. The molecular formula is C13H18BrNO4. The Kier molecular flexibility index (Phi) is 5.90. The average molecular weight is 332 g/mol. The van der Waals surface area contributed by atoms with E-state index in [0.717, 1.165) is 12.0 Å². The van der Waals surface area contributed by atoms with Crippen LogP contribution in [0, 0.1) is 10.1 Å². The fourth-order valence-electron chi connectivity index (χ4n) is 1.42. The molecule has 1 aromatic rings. The topological polar surface area (TPSA) is 61.6 Å². The van der Waals surface area contributed by atoms with Gasteiger partial charge in [-0.3, -0.25) is 10.1 Å². The molecule has 0 unspecified atom stereocenters. The van der Waals surface area contributed by atoms with Crippen LogP contribution in [0.2, 0.25) is 0 Å². The maximum atomic E-state index is 10.8. The molecule has 0 saturated carbocycles. The zero-order valence-corrected chi connectivity index (χ0v) is 12.9. The van der Waals surface area contributed by atoms with Crippen molar-refractivity contribution in [2.45, 2.75) is 32.5 Å². The molecule has 0 N–H and O–H groups in total. The van der Waals surface area contributed by atoms with Crippen LogP contribution in [0.3, 0.4) is 0 Å². The first-order valence-electron chi connectivity index (χ1n) is 5.92. The minimum atomic E-state index is -0.415. The summed E-state index contributed by atoms with van der Waals surface area (Å²) in [5, 5.41) is 10.8. The van der Waals surface area contributed by atoms with E-state index in [1.807, 2.05) is 13.8 Å². The number of nitro groups is 1. The van der Waals surface area contributed by atoms with Gasteiger partial charge in [-0.05, 0) is 41.8 Å². The van der Waals surface area contributed by atoms with Gasteiger partial charge >= 0.3 is 0 Å². The van der Waals surface area contributed by atoms with Crippen LogP contribution < -0.4 is 0 Å². The molecule has 19 heavy (non-hydrogen) atoms. The molecule has 0 aliphatic heterocycles. The van der Waals surface area contributed by atoms with E-state index in [0.29, 0.717) is 17.7 Å². The van der Waals surface area contributed by atoms with Gasteiger partial charge in [-0.25, -0.2) is 0 Å². The normalized spacial score (nSPS) is 11.6. The summed E-state index contributed by atoms with van der Waals surface area (Å²) in [5.41, 5.74) is 0.600. The number of methoxy groups -OCH3 is 1. The van der Waals surface area contributed by atoms with Crippen LogP contribution >= 0.6 is 15.9 Å². The summed E-state index contributed by atoms with van der Waals surface area (Å²) in [4.78, 5) is 10.4. The van der Waals surface area contributed by atoms with Crippen molar-refractivity contribution in [3.05, 3.63) is 38.3 Å². The molecule has 0 heterocycles. The minimum absolute atomic E-state index is 0.0540. The summed E-state index contributed by atoms with van der Waals surface area (Å²) < 4.78 is 11.3. The lowest BCUT2D eigenvalue weighted by Gasteiger charge is -2.22. The Morgan fingerprint density at radius 1 is 1.42 bits per heavy atom. The fourth-order valence-corrected chi connectivity index (χ4v) is 1.94. The molecule has 1 rings (SSSR count). The van der Waals surface area contributed by atoms with E-state index in [1.54, 1.807) is 19.2 Å². The standard InChI is InChI=1S/C13H18BrNO4/c1-13(2,18-3)7-8-19-9-10-5-4-6-11(12(10)14)15(16)17/h4-6H,7-9H2,1-3H3. The predicted octanol–water partition coefficient (Wildman–Crippen LogP) is 3.69. The summed E-state index contributed by atoms with van der Waals surface area (Å²) >= 11 is 3.24. The van der Waals surface area contributed by atoms with Crippen molar-refractivity contribution in [1.29, 1.82) is 0 Å². The summed E-state index contributed by atoms with van der Waals surface area (Å²) in [6.45, 7) is 4.84. The highest BCUT2D eigenvalue weighted by Gasteiger charge is 2.17. The number of nitro benzene ring substituents is 1. The zero-order chi connectivity index (χ0) is 14.5. The highest BCUT2D eigenvalue weighted by molar-refractivity contribution is 9.10. The number of halogens is 1. The molecule has 0 spiro atoms. The van der Waals surface area contributed by atoms with Gasteiger partial charge in [0, 0.05) is 19.8 Å². The molecule has 1 aromatic carbocycles. The molecule has 0 bridgehead atoms. The maximum absolute atomic E-state index is 10.8. The van der Waals surface area contributed by atoms with Crippen LogP contribution in [0.1, 0.15) is 25.8 Å². The number of hydrogen-bond acceptors (Lipinski definition) is 4. The quantitative estimate of drug-likeness (QED) is 0.434. The first-order chi connectivity index (χ1) is 8.87. The highest BCUT2D eigenvalue weighted by atomic mass is 79.9. The van der Waals surface area contributed by atoms with E-state index < -0.39 is 4.92 Å². The highest BCUT2D eigenvalue weighted by Crippen LogP contribution is 2.28. The molecule has 5 nitrogen and oxygen atoms in total. The van der Waals surface area contributed by atoms with E-state index in [1.165, 1.54) is 6.07 Å². The van der Waals surface area contributed by atoms with E-state index in [4.69, 9.17) is 9.47 Å². The number of hydrogen-bond donors (Lipinski definition) is 0. The van der Waals surface area contributed by atoms with Gasteiger partial charge < -0.3 is 9.47 Å². The SMILES string of the molecule is COC(C)(C)CCOCc1cccc([N+](=O)[O-])c1Br. The van der Waals surface area contributed by atoms with Gasteiger partial charge in [-0.2, -0.15) is 0 Å². The first-order valence-corrected chi connectivity index (χ1v) is 6.71. The maximum Gasteiger partial charge on any atom is 0.283 e. The van der Waals surface area contributed by atoms with Gasteiger partial charge in [-0.15, -0.1) is 0 Å². The number of benzene rings is 1.